The summed E-state index contributed by atoms with van der Waals surface area (Å²) in [5, 5.41) is 20.6. The van der Waals surface area contributed by atoms with Crippen LogP contribution in [0.2, 0.25) is 0 Å². The lowest BCUT2D eigenvalue weighted by molar-refractivity contribution is -0.142. The van der Waals surface area contributed by atoms with Crippen molar-refractivity contribution in [3.8, 4) is 0 Å². The zero-order chi connectivity index (χ0) is 13.3. The van der Waals surface area contributed by atoms with E-state index < -0.39 is 35.8 Å². The van der Waals surface area contributed by atoms with Gasteiger partial charge in [-0.2, -0.15) is 0 Å². The van der Waals surface area contributed by atoms with Gasteiger partial charge in [0.25, 0.3) is 0 Å². The van der Waals surface area contributed by atoms with Crippen LogP contribution in [0.15, 0.2) is 24.3 Å². The predicted octanol–water partition coefficient (Wildman–Crippen LogP) is 1.01. The summed E-state index contributed by atoms with van der Waals surface area (Å²) >= 11 is 0. The molecule has 1 fully saturated rings. The lowest BCUT2D eigenvalue weighted by atomic mass is 9.93. The first kappa shape index (κ1) is 12.5. The third-order valence-corrected chi connectivity index (χ3v) is 3.13. The Bertz CT molecular complexity index is 491. The highest BCUT2D eigenvalue weighted by atomic mass is 19.1. The van der Waals surface area contributed by atoms with Gasteiger partial charge in [-0.1, -0.05) is 18.2 Å². The molecule has 0 amide bonds. The number of hydrogen-bond acceptors (Lipinski definition) is 3. The molecule has 0 bridgehead atoms. The number of hydrogen-bond donors (Lipinski definition) is 3. The first-order chi connectivity index (χ1) is 8.50. The number of benzene rings is 1. The molecule has 0 aliphatic carbocycles. The number of rotatable bonds is 3. The molecule has 1 aliphatic rings. The van der Waals surface area contributed by atoms with Crippen LogP contribution in [0.1, 0.15) is 18.0 Å². The number of carboxylic acid groups (broad SMARTS) is 2. The molecular formula is C12H12FNO4. The van der Waals surface area contributed by atoms with E-state index >= 15 is 0 Å². The maximum Gasteiger partial charge on any atom is 0.320 e. The highest BCUT2D eigenvalue weighted by Crippen LogP contribution is 2.34. The molecule has 5 nitrogen and oxygen atoms in total. The predicted molar refractivity (Wildman–Crippen MR) is 59.4 cm³/mol. The quantitative estimate of drug-likeness (QED) is 0.748. The number of nitrogens with one attached hydrogen (secondary N) is 1. The van der Waals surface area contributed by atoms with Crippen LogP contribution in [0.5, 0.6) is 0 Å². The van der Waals surface area contributed by atoms with Crippen LogP contribution in [0, 0.1) is 11.7 Å². The van der Waals surface area contributed by atoms with E-state index in [4.69, 9.17) is 10.2 Å². The topological polar surface area (TPSA) is 86.6 Å². The van der Waals surface area contributed by atoms with Gasteiger partial charge in [0.2, 0.25) is 0 Å². The van der Waals surface area contributed by atoms with E-state index in [1.165, 1.54) is 18.2 Å². The third-order valence-electron chi connectivity index (χ3n) is 3.13. The van der Waals surface area contributed by atoms with Gasteiger partial charge in [0.1, 0.15) is 11.9 Å². The smallest absolute Gasteiger partial charge is 0.320 e. The van der Waals surface area contributed by atoms with Crippen molar-refractivity contribution in [3.05, 3.63) is 35.6 Å². The van der Waals surface area contributed by atoms with Crippen LogP contribution < -0.4 is 5.32 Å². The molecule has 3 N–H and O–H groups in total. The molecule has 3 unspecified atom stereocenters. The Morgan fingerprint density at radius 1 is 1.22 bits per heavy atom. The fourth-order valence-corrected chi connectivity index (χ4v) is 2.24. The Balaban J connectivity index is 2.33. The van der Waals surface area contributed by atoms with Crippen molar-refractivity contribution in [1.29, 1.82) is 0 Å². The Morgan fingerprint density at radius 2 is 1.89 bits per heavy atom. The molecule has 18 heavy (non-hydrogen) atoms. The van der Waals surface area contributed by atoms with Crippen LogP contribution in [0.4, 0.5) is 4.39 Å². The van der Waals surface area contributed by atoms with Gasteiger partial charge in [0, 0.05) is 11.6 Å². The third kappa shape index (κ3) is 2.19. The summed E-state index contributed by atoms with van der Waals surface area (Å²) in [6.07, 6.45) is -0.0519. The van der Waals surface area contributed by atoms with Gasteiger partial charge in [-0.05, 0) is 12.5 Å². The van der Waals surface area contributed by atoms with Crippen LogP contribution in [0.3, 0.4) is 0 Å². The molecule has 0 radical (unpaired) electrons. The highest BCUT2D eigenvalue weighted by molar-refractivity contribution is 5.78. The Hall–Kier alpha value is -1.95. The first-order valence-electron chi connectivity index (χ1n) is 5.46. The van der Waals surface area contributed by atoms with E-state index in [9.17, 15) is 14.0 Å². The average molecular weight is 253 g/mol. The zero-order valence-corrected chi connectivity index (χ0v) is 9.34. The van der Waals surface area contributed by atoms with Gasteiger partial charge in [-0.25, -0.2) is 4.39 Å². The van der Waals surface area contributed by atoms with Crippen molar-refractivity contribution in [2.75, 3.05) is 0 Å². The van der Waals surface area contributed by atoms with E-state index in [0.29, 0.717) is 0 Å². The summed E-state index contributed by atoms with van der Waals surface area (Å²) in [7, 11) is 0. The average Bonchev–Trinajstić information content (AvgIpc) is 2.74. The molecule has 1 heterocycles. The molecular weight excluding hydrogens is 241 g/mol. The minimum absolute atomic E-state index is 0.0519. The Kier molecular flexibility index (Phi) is 3.29. The molecule has 96 valence electrons. The van der Waals surface area contributed by atoms with Crippen molar-refractivity contribution < 1.29 is 24.2 Å². The van der Waals surface area contributed by atoms with Gasteiger partial charge in [-0.15, -0.1) is 0 Å². The molecule has 3 atom stereocenters. The molecule has 0 saturated carbocycles. The van der Waals surface area contributed by atoms with Crippen molar-refractivity contribution in [1.82, 2.24) is 5.32 Å². The molecule has 1 aromatic rings. The Morgan fingerprint density at radius 3 is 2.44 bits per heavy atom. The van der Waals surface area contributed by atoms with E-state index in [1.807, 2.05) is 0 Å². The standard InChI is InChI=1S/C12H12FNO4/c13-8-4-2-1-3-6(8)10-7(11(15)16)5-9(14-10)12(17)18/h1-4,7,9-10,14H,5H2,(H,15,16)(H,17,18). The second kappa shape index (κ2) is 4.73. The fraction of sp³-hybridized carbons (Fsp3) is 0.333. The van der Waals surface area contributed by atoms with Gasteiger partial charge in [0.15, 0.2) is 0 Å². The SMILES string of the molecule is O=C(O)C1CC(C(=O)O)C(c2ccccc2F)N1. The van der Waals surface area contributed by atoms with Crippen LogP contribution in [0.25, 0.3) is 0 Å². The second-order valence-electron chi connectivity index (χ2n) is 4.24. The van der Waals surface area contributed by atoms with Crippen LogP contribution in [-0.4, -0.2) is 28.2 Å². The molecule has 1 aromatic carbocycles. The largest absolute Gasteiger partial charge is 0.481 e. The maximum absolute atomic E-state index is 13.6. The van der Waals surface area contributed by atoms with Crippen molar-refractivity contribution in [3.63, 3.8) is 0 Å². The van der Waals surface area contributed by atoms with Crippen molar-refractivity contribution in [2.45, 2.75) is 18.5 Å². The number of carbonyl (C=O) groups is 2. The van der Waals surface area contributed by atoms with E-state index in [1.54, 1.807) is 6.07 Å². The molecule has 0 spiro atoms. The van der Waals surface area contributed by atoms with Crippen LogP contribution >= 0.6 is 0 Å². The first-order valence-corrected chi connectivity index (χ1v) is 5.46. The molecule has 6 heteroatoms. The molecule has 2 rings (SSSR count). The summed E-state index contributed by atoms with van der Waals surface area (Å²) < 4.78 is 13.6. The summed E-state index contributed by atoms with van der Waals surface area (Å²) in [6.45, 7) is 0. The summed E-state index contributed by atoms with van der Waals surface area (Å²) in [4.78, 5) is 22.0. The minimum atomic E-state index is -1.13. The lowest BCUT2D eigenvalue weighted by Crippen LogP contribution is -2.32. The van der Waals surface area contributed by atoms with Crippen molar-refractivity contribution in [2.24, 2.45) is 5.92 Å². The monoisotopic (exact) mass is 253 g/mol. The summed E-state index contributed by atoms with van der Waals surface area (Å²) in [5.41, 5.74) is 0.189. The van der Waals surface area contributed by atoms with Gasteiger partial charge in [0.05, 0.1) is 5.92 Å². The van der Waals surface area contributed by atoms with Crippen LogP contribution in [-0.2, 0) is 9.59 Å². The molecule has 1 aliphatic heterocycles. The van der Waals surface area contributed by atoms with E-state index in [2.05, 4.69) is 5.32 Å². The van der Waals surface area contributed by atoms with E-state index in [-0.39, 0.29) is 12.0 Å². The highest BCUT2D eigenvalue weighted by Gasteiger charge is 2.42. The summed E-state index contributed by atoms with van der Waals surface area (Å²) in [5.74, 6) is -3.73. The van der Waals surface area contributed by atoms with Gasteiger partial charge >= 0.3 is 11.9 Å². The van der Waals surface area contributed by atoms with E-state index in [0.717, 1.165) is 0 Å². The molecule has 1 saturated heterocycles. The fourth-order valence-electron chi connectivity index (χ4n) is 2.24. The molecule has 0 aromatic heterocycles. The zero-order valence-electron chi connectivity index (χ0n) is 9.34. The lowest BCUT2D eigenvalue weighted by Gasteiger charge is -2.17. The number of carboxylic acids is 2. The minimum Gasteiger partial charge on any atom is -0.481 e. The summed E-state index contributed by atoms with van der Waals surface area (Å²) in [6, 6.07) is 4.00. The number of aliphatic carboxylic acids is 2. The normalized spacial score (nSPS) is 27.1. The van der Waals surface area contributed by atoms with Gasteiger partial charge in [-0.3, -0.25) is 14.9 Å². The second-order valence-corrected chi connectivity index (χ2v) is 4.24. The maximum atomic E-state index is 13.6. The Labute approximate surface area is 102 Å². The van der Waals surface area contributed by atoms with Crippen molar-refractivity contribution >= 4 is 11.9 Å². The van der Waals surface area contributed by atoms with Gasteiger partial charge < -0.3 is 10.2 Å². The number of halogens is 1.